The second-order valence-electron chi connectivity index (χ2n) is 4.88. The van der Waals surface area contributed by atoms with Crippen molar-refractivity contribution in [2.75, 3.05) is 6.61 Å². The van der Waals surface area contributed by atoms with Gasteiger partial charge in [0.15, 0.2) is 5.78 Å². The molecule has 0 unspecified atom stereocenters. The Morgan fingerprint density at radius 2 is 1.78 bits per heavy atom. The largest absolute Gasteiger partial charge is 0.488 e. The van der Waals surface area contributed by atoms with Crippen molar-refractivity contribution in [1.29, 1.82) is 0 Å². The van der Waals surface area contributed by atoms with Gasteiger partial charge in [-0.25, -0.2) is 4.79 Å². The number of halogens is 1. The summed E-state index contributed by atoms with van der Waals surface area (Å²) in [5.74, 6) is -0.250. The lowest BCUT2D eigenvalue weighted by molar-refractivity contribution is 0.0522. The van der Waals surface area contributed by atoms with E-state index < -0.39 is 5.97 Å². The summed E-state index contributed by atoms with van der Waals surface area (Å²) >= 11 is 3.38. The van der Waals surface area contributed by atoms with Gasteiger partial charge in [0, 0.05) is 5.56 Å². The third-order valence-electron chi connectivity index (χ3n) is 3.18. The standard InChI is InChI=1S/C18H17BrO4/c1-3-22-18(21)15-10-17(16(19)9-14(15)12(2)20)23-11-13-7-5-4-6-8-13/h4-10H,3,11H2,1-2H3. The number of hydrogen-bond acceptors (Lipinski definition) is 4. The minimum Gasteiger partial charge on any atom is -0.488 e. The molecule has 0 heterocycles. The van der Waals surface area contributed by atoms with E-state index in [1.54, 1.807) is 19.1 Å². The molecule has 0 aliphatic carbocycles. The van der Waals surface area contributed by atoms with Crippen molar-refractivity contribution in [3.63, 3.8) is 0 Å². The Labute approximate surface area is 143 Å². The van der Waals surface area contributed by atoms with Crippen LogP contribution in [0.2, 0.25) is 0 Å². The first-order valence-electron chi connectivity index (χ1n) is 7.21. The van der Waals surface area contributed by atoms with Crippen LogP contribution in [0.25, 0.3) is 0 Å². The molecule has 2 aromatic carbocycles. The Morgan fingerprint density at radius 1 is 1.09 bits per heavy atom. The molecule has 0 amide bonds. The zero-order chi connectivity index (χ0) is 16.8. The van der Waals surface area contributed by atoms with Gasteiger partial charge in [0.05, 0.1) is 16.6 Å². The zero-order valence-corrected chi connectivity index (χ0v) is 14.6. The SMILES string of the molecule is CCOC(=O)c1cc(OCc2ccccc2)c(Br)cc1C(C)=O. The minimum absolute atomic E-state index is 0.205. The molecular weight excluding hydrogens is 360 g/mol. The Morgan fingerprint density at radius 3 is 2.39 bits per heavy atom. The molecule has 0 saturated heterocycles. The predicted molar refractivity (Wildman–Crippen MR) is 90.9 cm³/mol. The van der Waals surface area contributed by atoms with E-state index >= 15 is 0 Å². The molecule has 2 rings (SSSR count). The second kappa shape index (κ2) is 7.92. The first-order chi connectivity index (χ1) is 11.0. The predicted octanol–water partition coefficient (Wildman–Crippen LogP) is 4.41. The number of rotatable bonds is 6. The van der Waals surface area contributed by atoms with Gasteiger partial charge in [0.25, 0.3) is 0 Å². The molecule has 0 atom stereocenters. The number of ether oxygens (including phenoxy) is 2. The van der Waals surface area contributed by atoms with Crippen LogP contribution in [-0.2, 0) is 11.3 Å². The van der Waals surface area contributed by atoms with Crippen LogP contribution in [-0.4, -0.2) is 18.4 Å². The van der Waals surface area contributed by atoms with Crippen molar-refractivity contribution in [3.05, 3.63) is 63.6 Å². The van der Waals surface area contributed by atoms with E-state index in [4.69, 9.17) is 9.47 Å². The number of ketones is 1. The van der Waals surface area contributed by atoms with Crippen LogP contribution < -0.4 is 4.74 Å². The van der Waals surface area contributed by atoms with Gasteiger partial charge in [-0.15, -0.1) is 0 Å². The molecule has 0 aromatic heterocycles. The lowest BCUT2D eigenvalue weighted by Gasteiger charge is -2.13. The van der Waals surface area contributed by atoms with Crippen LogP contribution in [0.4, 0.5) is 0 Å². The van der Waals surface area contributed by atoms with Crippen LogP contribution in [0.1, 0.15) is 40.1 Å². The summed E-state index contributed by atoms with van der Waals surface area (Å²) in [5, 5.41) is 0. The van der Waals surface area contributed by atoms with E-state index in [0.29, 0.717) is 22.4 Å². The highest BCUT2D eigenvalue weighted by Gasteiger charge is 2.19. The third kappa shape index (κ3) is 4.42. The third-order valence-corrected chi connectivity index (χ3v) is 3.80. The number of benzene rings is 2. The number of Topliss-reactive ketones (excluding diaryl/α,β-unsaturated/α-hetero) is 1. The minimum atomic E-state index is -0.533. The highest BCUT2D eigenvalue weighted by Crippen LogP contribution is 2.30. The van der Waals surface area contributed by atoms with Crippen molar-refractivity contribution >= 4 is 27.7 Å². The molecule has 120 valence electrons. The maximum Gasteiger partial charge on any atom is 0.338 e. The van der Waals surface area contributed by atoms with Crippen molar-refractivity contribution in [2.45, 2.75) is 20.5 Å². The zero-order valence-electron chi connectivity index (χ0n) is 13.0. The molecule has 0 bridgehead atoms. The molecule has 0 spiro atoms. The molecule has 4 nitrogen and oxygen atoms in total. The summed E-state index contributed by atoms with van der Waals surface area (Å²) in [6.07, 6.45) is 0. The fraction of sp³-hybridized carbons (Fsp3) is 0.222. The molecule has 0 saturated carbocycles. The van der Waals surface area contributed by atoms with Gasteiger partial charge < -0.3 is 9.47 Å². The summed E-state index contributed by atoms with van der Waals surface area (Å²) < 4.78 is 11.4. The summed E-state index contributed by atoms with van der Waals surface area (Å²) in [7, 11) is 0. The van der Waals surface area contributed by atoms with Gasteiger partial charge in [-0.3, -0.25) is 4.79 Å². The summed E-state index contributed by atoms with van der Waals surface area (Å²) in [6, 6.07) is 12.8. The first-order valence-corrected chi connectivity index (χ1v) is 8.00. The summed E-state index contributed by atoms with van der Waals surface area (Å²) in [5.41, 5.74) is 1.53. The Kier molecular flexibility index (Phi) is 5.93. The van der Waals surface area contributed by atoms with E-state index in [1.165, 1.54) is 6.92 Å². The molecular formula is C18H17BrO4. The molecule has 23 heavy (non-hydrogen) atoms. The fourth-order valence-electron chi connectivity index (χ4n) is 2.07. The second-order valence-corrected chi connectivity index (χ2v) is 5.73. The van der Waals surface area contributed by atoms with E-state index in [9.17, 15) is 9.59 Å². The number of esters is 1. The van der Waals surface area contributed by atoms with E-state index in [-0.39, 0.29) is 18.0 Å². The molecule has 2 aromatic rings. The Balaban J connectivity index is 2.31. The van der Waals surface area contributed by atoms with Crippen molar-refractivity contribution < 1.29 is 19.1 Å². The maximum atomic E-state index is 12.1. The average molecular weight is 377 g/mol. The lowest BCUT2D eigenvalue weighted by Crippen LogP contribution is -2.11. The van der Waals surface area contributed by atoms with Crippen molar-refractivity contribution in [3.8, 4) is 5.75 Å². The van der Waals surface area contributed by atoms with Crippen molar-refractivity contribution in [1.82, 2.24) is 0 Å². The number of carbonyl (C=O) groups is 2. The normalized spacial score (nSPS) is 10.2. The maximum absolute atomic E-state index is 12.1. The fourth-order valence-corrected chi connectivity index (χ4v) is 2.53. The molecule has 0 aliphatic rings. The van der Waals surface area contributed by atoms with Gasteiger partial charge >= 0.3 is 5.97 Å². The number of hydrogen-bond donors (Lipinski definition) is 0. The monoisotopic (exact) mass is 376 g/mol. The molecule has 5 heteroatoms. The van der Waals surface area contributed by atoms with E-state index in [0.717, 1.165) is 5.56 Å². The first kappa shape index (κ1) is 17.2. The highest BCUT2D eigenvalue weighted by atomic mass is 79.9. The molecule has 0 fully saturated rings. The van der Waals surface area contributed by atoms with Gasteiger partial charge in [0.2, 0.25) is 0 Å². The van der Waals surface area contributed by atoms with E-state index in [1.807, 2.05) is 30.3 Å². The van der Waals surface area contributed by atoms with Crippen LogP contribution in [0, 0.1) is 0 Å². The van der Waals surface area contributed by atoms with Gasteiger partial charge in [-0.1, -0.05) is 30.3 Å². The van der Waals surface area contributed by atoms with Gasteiger partial charge in [-0.05, 0) is 47.5 Å². The summed E-state index contributed by atoms with van der Waals surface area (Å²) in [6.45, 7) is 3.74. The molecule has 0 radical (unpaired) electrons. The van der Waals surface area contributed by atoms with Crippen molar-refractivity contribution in [2.24, 2.45) is 0 Å². The van der Waals surface area contributed by atoms with Gasteiger partial charge in [0.1, 0.15) is 12.4 Å². The van der Waals surface area contributed by atoms with Crippen LogP contribution in [0.5, 0.6) is 5.75 Å². The highest BCUT2D eigenvalue weighted by molar-refractivity contribution is 9.10. The Hall–Kier alpha value is -2.14. The summed E-state index contributed by atoms with van der Waals surface area (Å²) in [4.78, 5) is 23.8. The topological polar surface area (TPSA) is 52.6 Å². The Bertz CT molecular complexity index is 710. The average Bonchev–Trinajstić information content (AvgIpc) is 2.54. The lowest BCUT2D eigenvalue weighted by atomic mass is 10.0. The van der Waals surface area contributed by atoms with Crippen LogP contribution in [0.15, 0.2) is 46.9 Å². The quantitative estimate of drug-likeness (QED) is 0.553. The molecule has 0 aliphatic heterocycles. The van der Waals surface area contributed by atoms with Crippen LogP contribution >= 0.6 is 15.9 Å². The smallest absolute Gasteiger partial charge is 0.338 e. The van der Waals surface area contributed by atoms with Crippen LogP contribution in [0.3, 0.4) is 0 Å². The van der Waals surface area contributed by atoms with Gasteiger partial charge in [-0.2, -0.15) is 0 Å². The molecule has 0 N–H and O–H groups in total. The number of carbonyl (C=O) groups excluding carboxylic acids is 2. The van der Waals surface area contributed by atoms with E-state index in [2.05, 4.69) is 15.9 Å².